The minimum Gasteiger partial charge on any atom is -0.481 e. The van der Waals surface area contributed by atoms with Gasteiger partial charge in [-0.05, 0) is 29.9 Å². The fraction of sp³-hybridized carbons (Fsp3) is 0.417. The van der Waals surface area contributed by atoms with Gasteiger partial charge in [0.05, 0.1) is 5.92 Å². The van der Waals surface area contributed by atoms with Crippen LogP contribution in [-0.4, -0.2) is 11.1 Å². The number of hydrogen-bond acceptors (Lipinski definition) is 1. The van der Waals surface area contributed by atoms with E-state index < -0.39 is 5.97 Å². The van der Waals surface area contributed by atoms with Crippen molar-refractivity contribution in [1.29, 1.82) is 0 Å². The van der Waals surface area contributed by atoms with Crippen molar-refractivity contribution in [3.63, 3.8) is 0 Å². The second-order valence-electron chi connectivity index (χ2n) is 4.00. The van der Waals surface area contributed by atoms with Gasteiger partial charge < -0.3 is 5.11 Å². The molecule has 0 amide bonds. The monoisotopic (exact) mass is 190 g/mol. The zero-order valence-electron chi connectivity index (χ0n) is 8.23. The zero-order chi connectivity index (χ0) is 10.1. The smallest absolute Gasteiger partial charge is 0.310 e. The van der Waals surface area contributed by atoms with Crippen LogP contribution in [0.4, 0.5) is 0 Å². The second kappa shape index (κ2) is 3.45. The lowest BCUT2D eigenvalue weighted by Crippen LogP contribution is -2.19. The summed E-state index contributed by atoms with van der Waals surface area (Å²) in [6.07, 6.45) is 1.75. The topological polar surface area (TPSA) is 37.3 Å². The molecular formula is C12H14O2. The zero-order valence-corrected chi connectivity index (χ0v) is 8.23. The maximum Gasteiger partial charge on any atom is 0.310 e. The van der Waals surface area contributed by atoms with Crippen molar-refractivity contribution in [1.82, 2.24) is 0 Å². The lowest BCUT2D eigenvalue weighted by atomic mass is 9.77. The van der Waals surface area contributed by atoms with Crippen molar-refractivity contribution in [3.8, 4) is 0 Å². The van der Waals surface area contributed by atoms with Gasteiger partial charge in [0, 0.05) is 0 Å². The van der Waals surface area contributed by atoms with Crippen molar-refractivity contribution in [2.45, 2.75) is 31.6 Å². The summed E-state index contributed by atoms with van der Waals surface area (Å²) in [6, 6.07) is 7.91. The van der Waals surface area contributed by atoms with Gasteiger partial charge in [-0.1, -0.05) is 31.2 Å². The molecule has 0 spiro atoms. The molecule has 14 heavy (non-hydrogen) atoms. The first kappa shape index (κ1) is 9.25. The average Bonchev–Trinajstić information content (AvgIpc) is 2.18. The van der Waals surface area contributed by atoms with Crippen LogP contribution in [0.25, 0.3) is 0 Å². The molecule has 1 N–H and O–H groups in total. The molecule has 1 aliphatic carbocycles. The van der Waals surface area contributed by atoms with Crippen LogP contribution in [0.2, 0.25) is 0 Å². The molecule has 0 heterocycles. The molecule has 2 unspecified atom stereocenters. The molecule has 2 nitrogen and oxygen atoms in total. The van der Waals surface area contributed by atoms with E-state index in [1.165, 1.54) is 5.56 Å². The van der Waals surface area contributed by atoms with Gasteiger partial charge in [-0.25, -0.2) is 0 Å². The number of carbonyl (C=O) groups is 1. The summed E-state index contributed by atoms with van der Waals surface area (Å²) in [7, 11) is 0. The first-order valence-corrected chi connectivity index (χ1v) is 5.01. The van der Waals surface area contributed by atoms with Gasteiger partial charge in [-0.2, -0.15) is 0 Å². The lowest BCUT2D eigenvalue weighted by molar-refractivity contribution is -0.139. The molecule has 74 valence electrons. The molecule has 0 bridgehead atoms. The van der Waals surface area contributed by atoms with E-state index in [-0.39, 0.29) is 5.92 Å². The van der Waals surface area contributed by atoms with E-state index in [0.717, 1.165) is 18.4 Å². The summed E-state index contributed by atoms with van der Waals surface area (Å²) < 4.78 is 0. The molecule has 0 saturated carbocycles. The number of benzene rings is 1. The highest BCUT2D eigenvalue weighted by atomic mass is 16.4. The maximum atomic E-state index is 11.0. The Labute approximate surface area is 83.6 Å². The van der Waals surface area contributed by atoms with E-state index in [1.807, 2.05) is 18.2 Å². The molecule has 2 heteroatoms. The van der Waals surface area contributed by atoms with E-state index in [4.69, 9.17) is 5.11 Å². The van der Waals surface area contributed by atoms with Crippen molar-refractivity contribution < 1.29 is 9.90 Å². The van der Waals surface area contributed by atoms with Crippen LogP contribution >= 0.6 is 0 Å². The molecule has 0 aromatic heterocycles. The van der Waals surface area contributed by atoms with Crippen molar-refractivity contribution >= 4 is 5.97 Å². The maximum absolute atomic E-state index is 11.0. The van der Waals surface area contributed by atoms with Crippen molar-refractivity contribution in [2.24, 2.45) is 0 Å². The molecule has 0 fully saturated rings. The number of aliphatic carboxylic acids is 1. The first-order valence-electron chi connectivity index (χ1n) is 5.01. The molecule has 0 aliphatic heterocycles. The van der Waals surface area contributed by atoms with Crippen molar-refractivity contribution in [3.05, 3.63) is 35.4 Å². The first-order chi connectivity index (χ1) is 6.70. The Bertz CT molecular complexity index is 357. The van der Waals surface area contributed by atoms with Crippen LogP contribution < -0.4 is 0 Å². The molecule has 1 aromatic rings. The minimum atomic E-state index is -0.690. The Morgan fingerprint density at radius 1 is 1.29 bits per heavy atom. The van der Waals surface area contributed by atoms with Gasteiger partial charge in [0.25, 0.3) is 0 Å². The third-order valence-corrected chi connectivity index (χ3v) is 3.09. The quantitative estimate of drug-likeness (QED) is 0.739. The minimum absolute atomic E-state index is 0.289. The Morgan fingerprint density at radius 3 is 2.57 bits per heavy atom. The van der Waals surface area contributed by atoms with E-state index in [0.29, 0.717) is 5.92 Å². The highest BCUT2D eigenvalue weighted by Gasteiger charge is 2.28. The van der Waals surface area contributed by atoms with E-state index in [1.54, 1.807) is 0 Å². The third kappa shape index (κ3) is 1.41. The predicted molar refractivity (Wildman–Crippen MR) is 54.5 cm³/mol. The van der Waals surface area contributed by atoms with Crippen LogP contribution in [0.15, 0.2) is 24.3 Å². The molecule has 2 atom stereocenters. The van der Waals surface area contributed by atoms with Gasteiger partial charge in [0.2, 0.25) is 0 Å². The third-order valence-electron chi connectivity index (χ3n) is 3.09. The Morgan fingerprint density at radius 2 is 1.93 bits per heavy atom. The Kier molecular flexibility index (Phi) is 2.28. The van der Waals surface area contributed by atoms with Crippen molar-refractivity contribution in [2.75, 3.05) is 0 Å². The van der Waals surface area contributed by atoms with Crippen LogP contribution in [0.1, 0.15) is 42.7 Å². The predicted octanol–water partition coefficient (Wildman–Crippen LogP) is 2.75. The summed E-state index contributed by atoms with van der Waals surface area (Å²) in [5, 5.41) is 9.07. The van der Waals surface area contributed by atoms with Gasteiger partial charge >= 0.3 is 5.97 Å². The molecular weight excluding hydrogens is 176 g/mol. The van der Waals surface area contributed by atoms with Crippen LogP contribution in [-0.2, 0) is 4.79 Å². The number of carboxylic acid groups (broad SMARTS) is 1. The number of carboxylic acids is 1. The van der Waals surface area contributed by atoms with E-state index in [2.05, 4.69) is 13.0 Å². The van der Waals surface area contributed by atoms with Crippen LogP contribution in [0.3, 0.4) is 0 Å². The normalized spacial score (nSPS) is 25.5. The fourth-order valence-electron chi connectivity index (χ4n) is 2.26. The number of rotatable bonds is 1. The molecule has 1 aliphatic rings. The average molecular weight is 190 g/mol. The summed E-state index contributed by atoms with van der Waals surface area (Å²) in [6.45, 7) is 2.16. The number of hydrogen-bond donors (Lipinski definition) is 1. The summed E-state index contributed by atoms with van der Waals surface area (Å²) in [5.41, 5.74) is 2.23. The van der Waals surface area contributed by atoms with Gasteiger partial charge in [-0.15, -0.1) is 0 Å². The Hall–Kier alpha value is -1.31. The summed E-state index contributed by atoms with van der Waals surface area (Å²) in [5.74, 6) is -0.478. The van der Waals surface area contributed by atoms with E-state index in [9.17, 15) is 4.79 Å². The largest absolute Gasteiger partial charge is 0.481 e. The van der Waals surface area contributed by atoms with Crippen LogP contribution in [0, 0.1) is 0 Å². The standard InChI is InChI=1S/C12H14O2/c1-8-6-7-11(12(13)14)10-5-3-2-4-9(8)10/h2-5,8,11H,6-7H2,1H3,(H,13,14). The van der Waals surface area contributed by atoms with Gasteiger partial charge in [0.1, 0.15) is 0 Å². The second-order valence-corrected chi connectivity index (χ2v) is 4.00. The highest BCUT2D eigenvalue weighted by molar-refractivity contribution is 5.77. The summed E-state index contributed by atoms with van der Waals surface area (Å²) >= 11 is 0. The lowest BCUT2D eigenvalue weighted by Gasteiger charge is -2.26. The SMILES string of the molecule is CC1CCC(C(=O)O)c2ccccc21. The van der Waals surface area contributed by atoms with Gasteiger partial charge in [0.15, 0.2) is 0 Å². The Balaban J connectivity index is 2.46. The summed E-state index contributed by atoms with van der Waals surface area (Å²) in [4.78, 5) is 11.0. The number of fused-ring (bicyclic) bond motifs is 1. The highest BCUT2D eigenvalue weighted by Crippen LogP contribution is 2.38. The molecule has 1 aromatic carbocycles. The van der Waals surface area contributed by atoms with Gasteiger partial charge in [-0.3, -0.25) is 4.79 Å². The molecule has 0 radical (unpaired) electrons. The molecule has 2 rings (SSSR count). The van der Waals surface area contributed by atoms with Crippen LogP contribution in [0.5, 0.6) is 0 Å². The molecule has 0 saturated heterocycles. The van der Waals surface area contributed by atoms with E-state index >= 15 is 0 Å². The fourth-order valence-corrected chi connectivity index (χ4v) is 2.26.